The molecule has 2 N–H and O–H groups in total. The fourth-order valence-electron chi connectivity index (χ4n) is 3.01. The smallest absolute Gasteiger partial charge is 0.338 e. The van der Waals surface area contributed by atoms with Gasteiger partial charge in [0, 0.05) is 18.8 Å². The summed E-state index contributed by atoms with van der Waals surface area (Å²) in [5, 5.41) is 2.32. The highest BCUT2D eigenvalue weighted by molar-refractivity contribution is 5.90. The Morgan fingerprint density at radius 2 is 1.95 bits per heavy atom. The van der Waals surface area contributed by atoms with E-state index in [-0.39, 0.29) is 5.97 Å². The fourth-order valence-corrected chi connectivity index (χ4v) is 3.01. The van der Waals surface area contributed by atoms with Crippen LogP contribution in [0.3, 0.4) is 0 Å². The Hall–Kier alpha value is -1.55. The van der Waals surface area contributed by atoms with E-state index >= 15 is 0 Å². The van der Waals surface area contributed by atoms with Crippen LogP contribution < -0.4 is 10.1 Å². The van der Waals surface area contributed by atoms with E-state index in [4.69, 9.17) is 9.47 Å². The maximum atomic E-state index is 12.4. The van der Waals surface area contributed by atoms with Crippen molar-refractivity contribution in [2.75, 3.05) is 20.2 Å². The Bertz CT molecular complexity index is 505. The van der Waals surface area contributed by atoms with Crippen LogP contribution in [0.15, 0.2) is 18.2 Å². The third-order valence-electron chi connectivity index (χ3n) is 4.41. The number of benzene rings is 1. The van der Waals surface area contributed by atoms with Gasteiger partial charge in [-0.15, -0.1) is 0 Å². The molecule has 21 heavy (non-hydrogen) atoms. The number of nitrogens with two attached hydrogens (primary N) is 1. The number of methoxy groups -OCH3 is 1. The van der Waals surface area contributed by atoms with Gasteiger partial charge >= 0.3 is 5.97 Å². The van der Waals surface area contributed by atoms with Crippen LogP contribution in [0.25, 0.3) is 0 Å². The molecule has 116 valence electrons. The van der Waals surface area contributed by atoms with E-state index < -0.39 is 5.60 Å². The van der Waals surface area contributed by atoms with Crippen molar-refractivity contribution in [1.82, 2.24) is 0 Å². The Morgan fingerprint density at radius 3 is 2.52 bits per heavy atom. The van der Waals surface area contributed by atoms with Crippen LogP contribution in [0.1, 0.15) is 42.6 Å². The SMILES string of the molecule is COc1ccc(C(=O)OC(C)(C)C2CC[NH2+]CC2)cc1C. The Morgan fingerprint density at radius 1 is 1.29 bits per heavy atom. The third-order valence-corrected chi connectivity index (χ3v) is 4.41. The van der Waals surface area contributed by atoms with Crippen molar-refractivity contribution in [3.8, 4) is 5.75 Å². The molecule has 0 saturated carbocycles. The first-order chi connectivity index (χ1) is 9.94. The van der Waals surface area contributed by atoms with Crippen molar-refractivity contribution in [3.05, 3.63) is 29.3 Å². The van der Waals surface area contributed by atoms with E-state index in [0.29, 0.717) is 11.5 Å². The molecule has 0 bridgehead atoms. The molecule has 0 aliphatic carbocycles. The molecule has 0 aromatic heterocycles. The van der Waals surface area contributed by atoms with Gasteiger partial charge in [-0.2, -0.15) is 0 Å². The van der Waals surface area contributed by atoms with Crippen molar-refractivity contribution in [2.24, 2.45) is 5.92 Å². The van der Waals surface area contributed by atoms with Gasteiger partial charge in [0.05, 0.1) is 25.8 Å². The second-order valence-electron chi connectivity index (χ2n) is 6.32. The summed E-state index contributed by atoms with van der Waals surface area (Å²) in [6.45, 7) is 8.22. The van der Waals surface area contributed by atoms with Crippen LogP contribution in [0.2, 0.25) is 0 Å². The molecule has 1 fully saturated rings. The molecule has 4 heteroatoms. The lowest BCUT2D eigenvalue weighted by molar-refractivity contribution is -0.665. The van der Waals surface area contributed by atoms with Crippen molar-refractivity contribution in [3.63, 3.8) is 0 Å². The number of hydrogen-bond acceptors (Lipinski definition) is 3. The third kappa shape index (κ3) is 3.76. The van der Waals surface area contributed by atoms with Gasteiger partial charge in [0.2, 0.25) is 0 Å². The highest BCUT2D eigenvalue weighted by Crippen LogP contribution is 2.29. The topological polar surface area (TPSA) is 52.1 Å². The van der Waals surface area contributed by atoms with E-state index in [9.17, 15) is 4.79 Å². The van der Waals surface area contributed by atoms with Crippen LogP contribution >= 0.6 is 0 Å². The molecule has 4 nitrogen and oxygen atoms in total. The van der Waals surface area contributed by atoms with Gasteiger partial charge in [-0.1, -0.05) is 0 Å². The summed E-state index contributed by atoms with van der Waals surface area (Å²) in [5.41, 5.74) is 1.11. The minimum absolute atomic E-state index is 0.250. The molecular formula is C17H26NO3+. The van der Waals surface area contributed by atoms with Crippen molar-refractivity contribution in [2.45, 2.75) is 39.2 Å². The average molecular weight is 292 g/mol. The zero-order valence-corrected chi connectivity index (χ0v) is 13.4. The summed E-state index contributed by atoms with van der Waals surface area (Å²) < 4.78 is 11.0. The van der Waals surface area contributed by atoms with Gasteiger partial charge in [0.15, 0.2) is 0 Å². The largest absolute Gasteiger partial charge is 0.496 e. The quantitative estimate of drug-likeness (QED) is 0.863. The lowest BCUT2D eigenvalue weighted by Gasteiger charge is -2.35. The first-order valence-electron chi connectivity index (χ1n) is 7.63. The summed E-state index contributed by atoms with van der Waals surface area (Å²) in [6.07, 6.45) is 2.20. The minimum atomic E-state index is -0.417. The Balaban J connectivity index is 2.07. The van der Waals surface area contributed by atoms with Gasteiger partial charge in [0.25, 0.3) is 0 Å². The molecule has 0 spiro atoms. The zero-order chi connectivity index (χ0) is 15.5. The van der Waals surface area contributed by atoms with Crippen LogP contribution in [0, 0.1) is 12.8 Å². The first-order valence-corrected chi connectivity index (χ1v) is 7.63. The Kier molecular flexibility index (Phi) is 4.88. The average Bonchev–Trinajstić information content (AvgIpc) is 2.47. The molecule has 1 aromatic carbocycles. The number of piperidine rings is 1. The van der Waals surface area contributed by atoms with Crippen LogP contribution in [-0.2, 0) is 4.74 Å². The molecule has 1 aliphatic rings. The summed E-state index contributed by atoms with van der Waals surface area (Å²) in [5.74, 6) is 0.972. The molecule has 1 saturated heterocycles. The van der Waals surface area contributed by atoms with Gasteiger partial charge in [-0.3, -0.25) is 0 Å². The maximum Gasteiger partial charge on any atom is 0.338 e. The highest BCUT2D eigenvalue weighted by atomic mass is 16.6. The maximum absolute atomic E-state index is 12.4. The van der Waals surface area contributed by atoms with Gasteiger partial charge < -0.3 is 14.8 Å². The molecule has 0 amide bonds. The number of rotatable bonds is 4. The lowest BCUT2D eigenvalue weighted by atomic mass is 9.83. The molecule has 2 rings (SSSR count). The van der Waals surface area contributed by atoms with E-state index in [1.54, 1.807) is 13.2 Å². The Labute approximate surface area is 126 Å². The fraction of sp³-hybridized carbons (Fsp3) is 0.588. The number of hydrogen-bond donors (Lipinski definition) is 1. The number of ether oxygens (including phenoxy) is 2. The number of aryl methyl sites for hydroxylation is 1. The summed E-state index contributed by atoms with van der Waals surface area (Å²) in [6, 6.07) is 5.40. The molecule has 1 heterocycles. The van der Waals surface area contributed by atoms with Crippen molar-refractivity contribution < 1.29 is 19.6 Å². The minimum Gasteiger partial charge on any atom is -0.496 e. The van der Waals surface area contributed by atoms with Crippen molar-refractivity contribution in [1.29, 1.82) is 0 Å². The molecule has 1 aromatic rings. The van der Waals surface area contributed by atoms with Crippen molar-refractivity contribution >= 4 is 5.97 Å². The van der Waals surface area contributed by atoms with E-state index in [0.717, 1.165) is 37.2 Å². The number of esters is 1. The van der Waals surface area contributed by atoms with Crippen LogP contribution in [-0.4, -0.2) is 31.8 Å². The number of carbonyl (C=O) groups is 1. The summed E-state index contributed by atoms with van der Waals surface area (Å²) in [7, 11) is 1.63. The second-order valence-corrected chi connectivity index (χ2v) is 6.32. The molecule has 0 atom stereocenters. The second kappa shape index (κ2) is 6.48. The summed E-state index contributed by atoms with van der Waals surface area (Å²) >= 11 is 0. The molecule has 1 aliphatic heterocycles. The summed E-state index contributed by atoms with van der Waals surface area (Å²) in [4.78, 5) is 12.4. The normalized spacial score (nSPS) is 16.6. The monoisotopic (exact) mass is 292 g/mol. The van der Waals surface area contributed by atoms with Gasteiger partial charge in [-0.05, 0) is 44.5 Å². The first kappa shape index (κ1) is 15.8. The molecule has 0 radical (unpaired) electrons. The predicted molar refractivity (Wildman–Crippen MR) is 81.6 cm³/mol. The number of carbonyl (C=O) groups excluding carboxylic acids is 1. The standard InChI is InChI=1S/C17H25NO3/c1-12-11-13(5-6-15(12)20-4)16(19)21-17(2,3)14-7-9-18-10-8-14/h5-6,11,14,18H,7-10H2,1-4H3/p+1. The molecule has 0 unspecified atom stereocenters. The van der Waals surface area contributed by atoms with Gasteiger partial charge in [-0.25, -0.2) is 4.79 Å². The highest BCUT2D eigenvalue weighted by Gasteiger charge is 2.35. The van der Waals surface area contributed by atoms with E-state index in [1.807, 2.05) is 32.9 Å². The predicted octanol–water partition coefficient (Wildman–Crippen LogP) is 1.91. The lowest BCUT2D eigenvalue weighted by Crippen LogP contribution is -2.86. The van der Waals surface area contributed by atoms with Gasteiger partial charge in [0.1, 0.15) is 11.4 Å². The van der Waals surface area contributed by atoms with E-state index in [1.165, 1.54) is 0 Å². The van der Waals surface area contributed by atoms with E-state index in [2.05, 4.69) is 5.32 Å². The zero-order valence-electron chi connectivity index (χ0n) is 13.4. The van der Waals surface area contributed by atoms with Crippen LogP contribution in [0.5, 0.6) is 5.75 Å². The molecular weight excluding hydrogens is 266 g/mol. The van der Waals surface area contributed by atoms with Crippen LogP contribution in [0.4, 0.5) is 0 Å². The number of quaternary nitrogens is 1.